The third-order valence-corrected chi connectivity index (χ3v) is 4.14. The number of nitrogens with one attached hydrogen (secondary N) is 1. The van der Waals surface area contributed by atoms with Gasteiger partial charge in [0.25, 0.3) is 5.91 Å². The highest BCUT2D eigenvalue weighted by Gasteiger charge is 2.23. The summed E-state index contributed by atoms with van der Waals surface area (Å²) in [6.45, 7) is 3.92. The number of hydrogen-bond donors (Lipinski definition) is 2. The average Bonchev–Trinajstić information content (AvgIpc) is 3.03. The third-order valence-electron chi connectivity index (χ3n) is 3.08. The number of carbonyl (C=O) groups excluding carboxylic acids is 1. The van der Waals surface area contributed by atoms with Gasteiger partial charge in [0.05, 0.1) is 5.56 Å². The number of aryl methyl sites for hydroxylation is 1. The van der Waals surface area contributed by atoms with Crippen LogP contribution in [0, 0.1) is 6.92 Å². The van der Waals surface area contributed by atoms with Gasteiger partial charge in [-0.1, -0.05) is 12.1 Å². The molecule has 2 rings (SSSR count). The second-order valence-corrected chi connectivity index (χ2v) is 5.79. The average molecular weight is 324 g/mol. The van der Waals surface area contributed by atoms with Crippen LogP contribution in [-0.4, -0.2) is 29.2 Å². The number of ether oxygens (including phenoxy) is 1. The van der Waals surface area contributed by atoms with Gasteiger partial charge in [-0.25, -0.2) is 4.79 Å². The lowest BCUT2D eigenvalue weighted by Crippen LogP contribution is -2.14. The van der Waals surface area contributed by atoms with Gasteiger partial charge in [0, 0.05) is 18.1 Å². The van der Waals surface area contributed by atoms with Crippen molar-refractivity contribution in [3.8, 4) is 0 Å². The molecule has 2 aromatic heterocycles. The van der Waals surface area contributed by atoms with Crippen LogP contribution in [0.2, 0.25) is 0 Å². The van der Waals surface area contributed by atoms with E-state index in [1.165, 1.54) is 24.5 Å². The molecule has 0 radical (unpaired) electrons. The fourth-order valence-electron chi connectivity index (χ4n) is 2.12. The number of thiophene rings is 1. The van der Waals surface area contributed by atoms with Crippen LogP contribution in [0.1, 0.15) is 44.0 Å². The molecule has 0 bridgehead atoms. The molecular formula is C14H16N2O5S. The number of carbonyl (C=O) groups is 2. The zero-order chi connectivity index (χ0) is 16.3. The second-order valence-electron chi connectivity index (χ2n) is 4.57. The number of anilines is 1. The summed E-state index contributed by atoms with van der Waals surface area (Å²) in [6.07, 6.45) is 0.585. The highest BCUT2D eigenvalue weighted by molar-refractivity contribution is 7.16. The molecule has 0 spiro atoms. The monoisotopic (exact) mass is 324 g/mol. The molecule has 2 N–H and O–H groups in total. The van der Waals surface area contributed by atoms with Gasteiger partial charge in [0.15, 0.2) is 11.5 Å². The summed E-state index contributed by atoms with van der Waals surface area (Å²) in [5.74, 6) is -1.16. The maximum absolute atomic E-state index is 12.2. The summed E-state index contributed by atoms with van der Waals surface area (Å²) in [5, 5.41) is 15.9. The van der Waals surface area contributed by atoms with Gasteiger partial charge >= 0.3 is 5.97 Å². The molecule has 0 saturated heterocycles. The Balaban J connectivity index is 2.26. The Morgan fingerprint density at radius 2 is 2.23 bits per heavy atom. The summed E-state index contributed by atoms with van der Waals surface area (Å²) in [5.41, 5.74) is 0.944. The maximum Gasteiger partial charge on any atom is 0.339 e. The summed E-state index contributed by atoms with van der Waals surface area (Å²) in [6, 6.07) is 1.46. The molecule has 0 unspecified atom stereocenters. The third kappa shape index (κ3) is 3.18. The van der Waals surface area contributed by atoms with Crippen molar-refractivity contribution in [1.82, 2.24) is 5.16 Å². The fraction of sp³-hybridized carbons (Fsp3) is 0.357. The molecule has 118 valence electrons. The van der Waals surface area contributed by atoms with E-state index < -0.39 is 11.9 Å². The molecule has 0 atom stereocenters. The van der Waals surface area contributed by atoms with Gasteiger partial charge in [0.1, 0.15) is 11.6 Å². The lowest BCUT2D eigenvalue weighted by Gasteiger charge is -2.02. The fourth-order valence-corrected chi connectivity index (χ4v) is 3.25. The zero-order valence-corrected chi connectivity index (χ0v) is 13.2. The maximum atomic E-state index is 12.2. The van der Waals surface area contributed by atoms with E-state index in [0.29, 0.717) is 17.2 Å². The Morgan fingerprint density at radius 3 is 2.82 bits per heavy atom. The molecule has 0 fully saturated rings. The number of nitrogens with zero attached hydrogens (tertiary/aromatic N) is 1. The van der Waals surface area contributed by atoms with Gasteiger partial charge in [-0.2, -0.15) is 0 Å². The predicted octanol–water partition coefficient (Wildman–Crippen LogP) is 2.70. The molecule has 0 aliphatic carbocycles. The summed E-state index contributed by atoms with van der Waals surface area (Å²) < 4.78 is 9.83. The number of methoxy groups -OCH3 is 1. The minimum atomic E-state index is -1.06. The number of carboxylic acids is 1. The van der Waals surface area contributed by atoms with Crippen molar-refractivity contribution >= 4 is 28.2 Å². The van der Waals surface area contributed by atoms with Gasteiger partial charge in [-0.3, -0.25) is 4.79 Å². The topological polar surface area (TPSA) is 102 Å². The number of amides is 1. The van der Waals surface area contributed by atoms with E-state index in [2.05, 4.69) is 10.5 Å². The lowest BCUT2D eigenvalue weighted by atomic mass is 10.1. The van der Waals surface area contributed by atoms with Crippen molar-refractivity contribution in [2.24, 2.45) is 0 Å². The quantitative estimate of drug-likeness (QED) is 0.847. The second kappa shape index (κ2) is 6.71. The minimum Gasteiger partial charge on any atom is -0.478 e. The van der Waals surface area contributed by atoms with Crippen LogP contribution in [0.15, 0.2) is 10.6 Å². The van der Waals surface area contributed by atoms with E-state index >= 15 is 0 Å². The van der Waals surface area contributed by atoms with E-state index in [-0.39, 0.29) is 17.9 Å². The van der Waals surface area contributed by atoms with Crippen LogP contribution in [0.25, 0.3) is 0 Å². The Kier molecular flexibility index (Phi) is 4.94. The first-order chi connectivity index (χ1) is 10.5. The van der Waals surface area contributed by atoms with E-state index in [1.54, 1.807) is 0 Å². The molecule has 0 aromatic carbocycles. The Morgan fingerprint density at radius 1 is 1.50 bits per heavy atom. The van der Waals surface area contributed by atoms with Crippen molar-refractivity contribution in [3.63, 3.8) is 0 Å². The van der Waals surface area contributed by atoms with Crippen LogP contribution in [-0.2, 0) is 17.8 Å². The molecule has 0 aliphatic heterocycles. The number of aromatic nitrogens is 1. The number of carboxylic acid groups (broad SMARTS) is 1. The number of rotatable bonds is 6. The van der Waals surface area contributed by atoms with Crippen LogP contribution < -0.4 is 5.32 Å². The molecule has 2 aromatic rings. The molecule has 7 nitrogen and oxygen atoms in total. The summed E-state index contributed by atoms with van der Waals surface area (Å²) in [7, 11) is 1.50. The first-order valence-corrected chi connectivity index (χ1v) is 7.41. The van der Waals surface area contributed by atoms with Gasteiger partial charge in [0.2, 0.25) is 0 Å². The summed E-state index contributed by atoms with van der Waals surface area (Å²) in [4.78, 5) is 24.5. The highest BCUT2D eigenvalue weighted by atomic mass is 32.1. The Labute approximate surface area is 130 Å². The zero-order valence-electron chi connectivity index (χ0n) is 12.4. The van der Waals surface area contributed by atoms with Crippen molar-refractivity contribution in [2.45, 2.75) is 26.9 Å². The Hall–Kier alpha value is -2.19. The molecule has 8 heteroatoms. The highest BCUT2D eigenvalue weighted by Crippen LogP contribution is 2.33. The van der Waals surface area contributed by atoms with Crippen LogP contribution in [0.3, 0.4) is 0 Å². The van der Waals surface area contributed by atoms with E-state index in [0.717, 1.165) is 10.4 Å². The van der Waals surface area contributed by atoms with E-state index in [4.69, 9.17) is 9.26 Å². The van der Waals surface area contributed by atoms with Gasteiger partial charge in [-0.15, -0.1) is 11.3 Å². The number of hydrogen-bond acceptors (Lipinski definition) is 6. The summed E-state index contributed by atoms with van der Waals surface area (Å²) >= 11 is 1.24. The molecule has 1 amide bonds. The molecular weight excluding hydrogens is 308 g/mol. The minimum absolute atomic E-state index is 0.0764. The van der Waals surface area contributed by atoms with Gasteiger partial charge < -0.3 is 19.7 Å². The van der Waals surface area contributed by atoms with Crippen LogP contribution >= 0.6 is 11.3 Å². The molecule has 22 heavy (non-hydrogen) atoms. The first-order valence-electron chi connectivity index (χ1n) is 6.59. The van der Waals surface area contributed by atoms with Crippen molar-refractivity contribution in [2.75, 3.05) is 12.4 Å². The SMILES string of the molecule is CCc1c(C)sc(NC(=O)c2cc(COC)on2)c1C(=O)O. The first kappa shape index (κ1) is 16.2. The van der Waals surface area contributed by atoms with Gasteiger partial charge in [-0.05, 0) is 18.9 Å². The van der Waals surface area contributed by atoms with Crippen LogP contribution in [0.5, 0.6) is 0 Å². The standard InChI is InChI=1S/C14H16N2O5S/c1-4-9-7(2)22-13(11(9)14(18)19)15-12(17)10-5-8(6-20-3)21-16-10/h5H,4,6H2,1-3H3,(H,15,17)(H,18,19). The van der Waals surface area contributed by atoms with Crippen molar-refractivity contribution < 1.29 is 24.0 Å². The van der Waals surface area contributed by atoms with Crippen molar-refractivity contribution in [3.05, 3.63) is 33.5 Å². The molecule has 2 heterocycles. The largest absolute Gasteiger partial charge is 0.478 e. The lowest BCUT2D eigenvalue weighted by molar-refractivity contribution is 0.0697. The predicted molar refractivity (Wildman–Crippen MR) is 80.6 cm³/mol. The smallest absolute Gasteiger partial charge is 0.339 e. The molecule has 0 aliphatic rings. The van der Waals surface area contributed by atoms with Crippen molar-refractivity contribution in [1.29, 1.82) is 0 Å². The molecule has 0 saturated carbocycles. The number of aromatic carboxylic acids is 1. The van der Waals surface area contributed by atoms with Crippen LogP contribution in [0.4, 0.5) is 5.00 Å². The van der Waals surface area contributed by atoms with E-state index in [1.807, 2.05) is 13.8 Å². The normalized spacial score (nSPS) is 10.7. The Bertz CT molecular complexity index is 704. The van der Waals surface area contributed by atoms with E-state index in [9.17, 15) is 14.7 Å².